The molecule has 2 aromatic carbocycles. The minimum Gasteiger partial charge on any atom is -0.497 e. The summed E-state index contributed by atoms with van der Waals surface area (Å²) in [5.41, 5.74) is 2.14. The highest BCUT2D eigenvalue weighted by atomic mass is 16.5. The predicted octanol–water partition coefficient (Wildman–Crippen LogP) is 3.57. The largest absolute Gasteiger partial charge is 0.497 e. The number of ether oxygens (including phenoxy) is 2. The molecule has 0 saturated heterocycles. The summed E-state index contributed by atoms with van der Waals surface area (Å²) in [5.74, 6) is 1.68. The van der Waals surface area contributed by atoms with Crippen molar-refractivity contribution in [3.05, 3.63) is 59.7 Å². The van der Waals surface area contributed by atoms with Gasteiger partial charge in [-0.1, -0.05) is 30.3 Å². The number of fused-ring (bicyclic) bond motifs is 1. The number of nitrogens with zero attached hydrogens (tertiary/aromatic N) is 1. The van der Waals surface area contributed by atoms with Crippen molar-refractivity contribution in [2.75, 3.05) is 13.7 Å². The van der Waals surface area contributed by atoms with E-state index in [2.05, 4.69) is 0 Å². The maximum Gasteiger partial charge on any atom is 0.220 e. The van der Waals surface area contributed by atoms with Crippen LogP contribution in [0.2, 0.25) is 0 Å². The van der Waals surface area contributed by atoms with Crippen LogP contribution in [0.1, 0.15) is 30.5 Å². The smallest absolute Gasteiger partial charge is 0.220 e. The summed E-state index contributed by atoms with van der Waals surface area (Å²) in [6, 6.07) is 15.8. The number of amides is 1. The van der Waals surface area contributed by atoms with E-state index in [1.54, 1.807) is 14.0 Å². The van der Waals surface area contributed by atoms with E-state index in [0.717, 1.165) is 29.0 Å². The zero-order valence-corrected chi connectivity index (χ0v) is 13.5. The molecule has 2 aromatic rings. The molecule has 0 bridgehead atoms. The van der Waals surface area contributed by atoms with E-state index in [0.29, 0.717) is 13.2 Å². The first-order valence-corrected chi connectivity index (χ1v) is 7.81. The standard InChI is InChI=1S/C19H21NO3/c1-14(21)20(13-15-6-4-3-5-7-15)18-10-11-23-19-9-8-16(22-2)12-17(18)19/h3-9,12,18H,10-11,13H2,1-2H3. The third kappa shape index (κ3) is 3.31. The second kappa shape index (κ2) is 6.73. The van der Waals surface area contributed by atoms with Crippen LogP contribution in [0.5, 0.6) is 11.5 Å². The molecule has 0 spiro atoms. The lowest BCUT2D eigenvalue weighted by Gasteiger charge is -2.35. The van der Waals surface area contributed by atoms with Crippen molar-refractivity contribution in [1.29, 1.82) is 0 Å². The Kier molecular flexibility index (Phi) is 4.51. The SMILES string of the molecule is COc1ccc2c(c1)C(N(Cc1ccccc1)C(C)=O)CCO2. The third-order valence-corrected chi connectivity index (χ3v) is 4.20. The van der Waals surface area contributed by atoms with Crippen LogP contribution < -0.4 is 9.47 Å². The van der Waals surface area contributed by atoms with Crippen molar-refractivity contribution in [2.24, 2.45) is 0 Å². The van der Waals surface area contributed by atoms with Gasteiger partial charge < -0.3 is 14.4 Å². The Morgan fingerprint density at radius 1 is 1.26 bits per heavy atom. The van der Waals surface area contributed by atoms with Crippen molar-refractivity contribution in [3.63, 3.8) is 0 Å². The Balaban J connectivity index is 1.94. The van der Waals surface area contributed by atoms with Gasteiger partial charge in [0.05, 0.1) is 19.8 Å². The molecule has 4 nitrogen and oxygen atoms in total. The number of hydrogen-bond donors (Lipinski definition) is 0. The van der Waals surface area contributed by atoms with E-state index < -0.39 is 0 Å². The predicted molar refractivity (Wildman–Crippen MR) is 88.5 cm³/mol. The number of benzene rings is 2. The van der Waals surface area contributed by atoms with Crippen molar-refractivity contribution in [3.8, 4) is 11.5 Å². The number of carbonyl (C=O) groups excluding carboxylic acids is 1. The first-order valence-electron chi connectivity index (χ1n) is 7.81. The molecular formula is C19H21NO3. The van der Waals surface area contributed by atoms with Crippen LogP contribution in [0.25, 0.3) is 0 Å². The van der Waals surface area contributed by atoms with Gasteiger partial charge in [0.15, 0.2) is 0 Å². The molecule has 0 aliphatic carbocycles. The normalized spacial score (nSPS) is 16.2. The average molecular weight is 311 g/mol. The lowest BCUT2D eigenvalue weighted by Crippen LogP contribution is -2.35. The van der Waals surface area contributed by atoms with E-state index >= 15 is 0 Å². The van der Waals surface area contributed by atoms with Gasteiger partial charge in [0.1, 0.15) is 11.5 Å². The monoisotopic (exact) mass is 311 g/mol. The molecule has 0 N–H and O–H groups in total. The molecule has 1 aliphatic heterocycles. The first kappa shape index (κ1) is 15.4. The van der Waals surface area contributed by atoms with Crippen molar-refractivity contribution in [2.45, 2.75) is 25.9 Å². The summed E-state index contributed by atoms with van der Waals surface area (Å²) < 4.78 is 11.1. The number of carbonyl (C=O) groups is 1. The molecule has 1 aliphatic rings. The summed E-state index contributed by atoms with van der Waals surface area (Å²) in [6.45, 7) is 2.83. The molecule has 0 saturated carbocycles. The number of methoxy groups -OCH3 is 1. The van der Waals surface area contributed by atoms with Gasteiger partial charge in [-0.2, -0.15) is 0 Å². The van der Waals surface area contributed by atoms with E-state index in [-0.39, 0.29) is 11.9 Å². The van der Waals surface area contributed by atoms with Crippen LogP contribution in [0.3, 0.4) is 0 Å². The Hall–Kier alpha value is -2.49. The maximum atomic E-state index is 12.3. The molecule has 1 heterocycles. The van der Waals surface area contributed by atoms with Crippen molar-refractivity contribution in [1.82, 2.24) is 4.90 Å². The summed E-state index contributed by atoms with van der Waals surface area (Å²) >= 11 is 0. The van der Waals surface area contributed by atoms with E-state index in [4.69, 9.17) is 9.47 Å². The molecule has 4 heteroatoms. The summed E-state index contributed by atoms with van der Waals surface area (Å²) in [4.78, 5) is 14.2. The minimum atomic E-state index is 0.00607. The van der Waals surface area contributed by atoms with Crippen LogP contribution in [0, 0.1) is 0 Å². The fourth-order valence-electron chi connectivity index (χ4n) is 3.03. The van der Waals surface area contributed by atoms with Gasteiger partial charge in [-0.25, -0.2) is 0 Å². The second-order valence-electron chi connectivity index (χ2n) is 5.69. The summed E-state index contributed by atoms with van der Waals surface area (Å²) in [6.07, 6.45) is 0.784. The van der Waals surface area contributed by atoms with E-state index in [1.807, 2.05) is 53.4 Å². The Morgan fingerprint density at radius 3 is 2.74 bits per heavy atom. The third-order valence-electron chi connectivity index (χ3n) is 4.20. The fraction of sp³-hybridized carbons (Fsp3) is 0.316. The topological polar surface area (TPSA) is 38.8 Å². The summed E-state index contributed by atoms with van der Waals surface area (Å²) in [5, 5.41) is 0. The minimum absolute atomic E-state index is 0.00607. The van der Waals surface area contributed by atoms with Crippen LogP contribution in [-0.2, 0) is 11.3 Å². The van der Waals surface area contributed by atoms with Gasteiger partial charge in [0.25, 0.3) is 0 Å². The lowest BCUT2D eigenvalue weighted by molar-refractivity contribution is -0.132. The second-order valence-corrected chi connectivity index (χ2v) is 5.69. The molecule has 0 fully saturated rings. The maximum absolute atomic E-state index is 12.3. The van der Waals surface area contributed by atoms with Gasteiger partial charge in [0, 0.05) is 25.5 Å². The van der Waals surface area contributed by atoms with E-state index in [1.165, 1.54) is 0 Å². The molecule has 1 atom stereocenters. The van der Waals surface area contributed by atoms with Crippen molar-refractivity contribution >= 4 is 5.91 Å². The zero-order chi connectivity index (χ0) is 16.2. The molecule has 23 heavy (non-hydrogen) atoms. The Morgan fingerprint density at radius 2 is 2.04 bits per heavy atom. The quantitative estimate of drug-likeness (QED) is 0.866. The van der Waals surface area contributed by atoms with Gasteiger partial charge in [-0.3, -0.25) is 4.79 Å². The molecular weight excluding hydrogens is 290 g/mol. The molecule has 1 amide bonds. The highest BCUT2D eigenvalue weighted by Crippen LogP contribution is 2.38. The highest BCUT2D eigenvalue weighted by molar-refractivity contribution is 5.74. The van der Waals surface area contributed by atoms with Crippen LogP contribution >= 0.6 is 0 Å². The van der Waals surface area contributed by atoms with Crippen LogP contribution in [-0.4, -0.2) is 24.5 Å². The highest BCUT2D eigenvalue weighted by Gasteiger charge is 2.29. The lowest BCUT2D eigenvalue weighted by atomic mass is 9.97. The molecule has 3 rings (SSSR count). The number of hydrogen-bond acceptors (Lipinski definition) is 3. The average Bonchev–Trinajstić information content (AvgIpc) is 2.59. The van der Waals surface area contributed by atoms with Gasteiger partial charge in [0.2, 0.25) is 5.91 Å². The van der Waals surface area contributed by atoms with Crippen LogP contribution in [0.4, 0.5) is 0 Å². The van der Waals surface area contributed by atoms with Gasteiger partial charge in [-0.05, 0) is 23.8 Å². The fourth-order valence-corrected chi connectivity index (χ4v) is 3.03. The molecule has 0 aromatic heterocycles. The number of rotatable bonds is 4. The molecule has 120 valence electrons. The Bertz CT molecular complexity index is 684. The van der Waals surface area contributed by atoms with Crippen LogP contribution in [0.15, 0.2) is 48.5 Å². The molecule has 0 radical (unpaired) electrons. The molecule has 1 unspecified atom stereocenters. The summed E-state index contributed by atoms with van der Waals surface area (Å²) in [7, 11) is 1.65. The zero-order valence-electron chi connectivity index (χ0n) is 13.5. The van der Waals surface area contributed by atoms with Gasteiger partial charge in [-0.15, -0.1) is 0 Å². The van der Waals surface area contributed by atoms with Crippen molar-refractivity contribution < 1.29 is 14.3 Å². The Labute approximate surface area is 136 Å². The first-order chi connectivity index (χ1) is 11.2. The van der Waals surface area contributed by atoms with E-state index in [9.17, 15) is 4.79 Å². The van der Waals surface area contributed by atoms with Gasteiger partial charge >= 0.3 is 0 Å².